The van der Waals surface area contributed by atoms with Gasteiger partial charge in [-0.3, -0.25) is 24.1 Å². The third-order valence-corrected chi connectivity index (χ3v) is 18.0. The van der Waals surface area contributed by atoms with Crippen molar-refractivity contribution in [2.75, 3.05) is 48.2 Å². The number of hydrogen-bond donors (Lipinski definition) is 2. The molecule has 5 heterocycles. The summed E-state index contributed by atoms with van der Waals surface area (Å²) >= 11 is 0. The molecular formula is C46H53N7O5Si. The van der Waals surface area contributed by atoms with Crippen LogP contribution in [0.1, 0.15) is 37.4 Å². The molecule has 5 aromatic rings. The molecule has 0 saturated carbocycles. The predicted octanol–water partition coefficient (Wildman–Crippen LogP) is 5.74. The number of anilines is 4. The Morgan fingerprint density at radius 2 is 1.59 bits per heavy atom. The van der Waals surface area contributed by atoms with Crippen LogP contribution < -0.4 is 29.9 Å². The van der Waals surface area contributed by atoms with Crippen molar-refractivity contribution in [2.45, 2.75) is 75.0 Å². The van der Waals surface area contributed by atoms with Crippen LogP contribution in [-0.4, -0.2) is 85.1 Å². The van der Waals surface area contributed by atoms with Gasteiger partial charge >= 0.3 is 0 Å². The number of para-hydroxylation sites is 2. The number of aliphatic hydroxyl groups excluding tert-OH is 1. The van der Waals surface area contributed by atoms with Crippen LogP contribution in [0.25, 0.3) is 0 Å². The Morgan fingerprint density at radius 1 is 0.898 bits per heavy atom. The maximum absolute atomic E-state index is 15.6. The van der Waals surface area contributed by atoms with E-state index in [2.05, 4.69) is 70.9 Å². The number of carbonyl (C=O) groups excluding carboxylic acids is 2. The number of aromatic nitrogens is 3. The van der Waals surface area contributed by atoms with Gasteiger partial charge in [-0.1, -0.05) is 78.9 Å². The van der Waals surface area contributed by atoms with E-state index in [1.54, 1.807) is 7.11 Å². The Kier molecular flexibility index (Phi) is 10.2. The van der Waals surface area contributed by atoms with Crippen LogP contribution in [0.2, 0.25) is 18.6 Å². The minimum atomic E-state index is -2.43. The van der Waals surface area contributed by atoms with Gasteiger partial charge in [0.15, 0.2) is 5.60 Å². The summed E-state index contributed by atoms with van der Waals surface area (Å²) in [6.45, 7) is 9.42. The lowest BCUT2D eigenvalue weighted by molar-refractivity contribution is -0.145. The summed E-state index contributed by atoms with van der Waals surface area (Å²) in [4.78, 5) is 36.5. The van der Waals surface area contributed by atoms with E-state index in [1.807, 2.05) is 93.5 Å². The van der Waals surface area contributed by atoms with Crippen LogP contribution in [-0.2, 0) is 32.9 Å². The standard InChI is InChI=1S/C46H53N7O5Si/c1-32-42(59(3,4)38-18-16-37(57-2)17-19-38)41(21-27-50-30-33(22-28-54)48-49-50)58-46(32)39-29-36(15-20-40(39)53(44(46)56)35-13-9-6-10-14-35)51-31-52(34-11-7-5-8-12-34)45(43(51)55)23-25-47-26-24-45/h5-20,29-30,32,41-42,47,54H,21-28,31H2,1-4H3/t32-,41+,42-,46+/m0/s1. The van der Waals surface area contributed by atoms with Crippen molar-refractivity contribution >= 4 is 47.8 Å². The molecule has 1 aromatic heterocycles. The van der Waals surface area contributed by atoms with E-state index in [-0.39, 0.29) is 36.0 Å². The number of amides is 2. The van der Waals surface area contributed by atoms with E-state index < -0.39 is 19.2 Å². The van der Waals surface area contributed by atoms with E-state index in [4.69, 9.17) is 9.47 Å². The second-order valence-electron chi connectivity index (χ2n) is 17.0. The Bertz CT molecular complexity index is 2320. The summed E-state index contributed by atoms with van der Waals surface area (Å²) in [5.74, 6) is 0.526. The molecule has 4 aliphatic rings. The highest BCUT2D eigenvalue weighted by atomic mass is 28.3. The third-order valence-electron chi connectivity index (χ3n) is 13.6. The molecule has 0 aliphatic carbocycles. The number of rotatable bonds is 11. The number of aryl methyl sites for hydroxylation is 1. The molecular weight excluding hydrogens is 759 g/mol. The van der Waals surface area contributed by atoms with E-state index >= 15 is 4.79 Å². The summed E-state index contributed by atoms with van der Waals surface area (Å²) in [7, 11) is -0.752. The summed E-state index contributed by atoms with van der Waals surface area (Å²) in [6, 6.07) is 34.5. The van der Waals surface area contributed by atoms with Gasteiger partial charge in [0.1, 0.15) is 11.3 Å². The molecule has 9 rings (SSSR count). The maximum Gasteiger partial charge on any atom is 0.268 e. The van der Waals surface area contributed by atoms with Gasteiger partial charge < -0.3 is 24.8 Å². The van der Waals surface area contributed by atoms with E-state index in [0.29, 0.717) is 38.9 Å². The lowest BCUT2D eigenvalue weighted by Crippen LogP contribution is -2.55. The fourth-order valence-electron chi connectivity index (χ4n) is 10.6. The van der Waals surface area contributed by atoms with Crippen molar-refractivity contribution in [3.8, 4) is 5.75 Å². The Morgan fingerprint density at radius 3 is 2.27 bits per heavy atom. The van der Waals surface area contributed by atoms with Crippen molar-refractivity contribution in [3.05, 3.63) is 121 Å². The summed E-state index contributed by atoms with van der Waals surface area (Å²) in [6.07, 6.45) is 4.01. The van der Waals surface area contributed by atoms with Gasteiger partial charge in [0.2, 0.25) is 0 Å². The van der Waals surface area contributed by atoms with Crippen LogP contribution in [0, 0.1) is 5.92 Å². The van der Waals surface area contributed by atoms with E-state index in [0.717, 1.165) is 52.8 Å². The van der Waals surface area contributed by atoms with Crippen LogP contribution in [0.15, 0.2) is 109 Å². The number of hydrogen-bond acceptors (Lipinski definition) is 9. The molecule has 59 heavy (non-hydrogen) atoms. The lowest BCUT2D eigenvalue weighted by Gasteiger charge is -2.39. The van der Waals surface area contributed by atoms with Gasteiger partial charge in [-0.15, -0.1) is 5.10 Å². The minimum Gasteiger partial charge on any atom is -0.497 e. The van der Waals surface area contributed by atoms with Crippen molar-refractivity contribution in [1.82, 2.24) is 20.3 Å². The average molecular weight is 812 g/mol. The first-order valence-electron chi connectivity index (χ1n) is 20.8. The number of ether oxygens (including phenoxy) is 2. The first kappa shape index (κ1) is 39.1. The second-order valence-corrected chi connectivity index (χ2v) is 21.7. The molecule has 3 fully saturated rings. The van der Waals surface area contributed by atoms with Crippen molar-refractivity contribution in [1.29, 1.82) is 0 Å². The molecule has 4 atom stereocenters. The average Bonchev–Trinajstić information content (AvgIpc) is 3.99. The SMILES string of the molecule is COc1ccc([Si](C)(C)[C@@H]2[C@@H](CCn3cc(CCO)nn3)O[C@]3(C(=O)N(c4ccccc4)c4ccc(N5CN(c6ccccc6)C6(CCNCC6)C5=O)cc43)[C@H]2C)cc1. The zero-order chi connectivity index (χ0) is 40.9. The molecule has 2 N–H and O–H groups in total. The quantitative estimate of drug-likeness (QED) is 0.161. The molecule has 0 unspecified atom stereocenters. The predicted molar refractivity (Wildman–Crippen MR) is 231 cm³/mol. The minimum absolute atomic E-state index is 0.00111. The molecule has 2 amide bonds. The van der Waals surface area contributed by atoms with Crippen LogP contribution in [0.5, 0.6) is 5.75 Å². The number of nitrogens with one attached hydrogen (secondary N) is 1. The monoisotopic (exact) mass is 811 g/mol. The Balaban J connectivity index is 1.16. The number of carbonyl (C=O) groups is 2. The van der Waals surface area contributed by atoms with Gasteiger partial charge in [-0.05, 0) is 92.5 Å². The molecule has 0 bridgehead atoms. The van der Waals surface area contributed by atoms with Gasteiger partial charge in [0.05, 0.1) is 39.3 Å². The van der Waals surface area contributed by atoms with Crippen molar-refractivity contribution in [2.24, 2.45) is 5.92 Å². The zero-order valence-electron chi connectivity index (χ0n) is 34.3. The molecule has 3 saturated heterocycles. The Hall–Kier alpha value is -5.34. The molecule has 4 aliphatic heterocycles. The summed E-state index contributed by atoms with van der Waals surface area (Å²) < 4.78 is 14.9. The molecule has 4 aromatic carbocycles. The Labute approximate surface area is 346 Å². The van der Waals surface area contributed by atoms with Gasteiger partial charge in [-0.25, -0.2) is 0 Å². The normalized spacial score (nSPS) is 23.8. The summed E-state index contributed by atoms with van der Waals surface area (Å²) in [5, 5.41) is 22.9. The first-order valence-corrected chi connectivity index (χ1v) is 23.9. The van der Waals surface area contributed by atoms with E-state index in [9.17, 15) is 9.90 Å². The highest BCUT2D eigenvalue weighted by Crippen LogP contribution is 2.61. The van der Waals surface area contributed by atoms with Crippen LogP contribution >= 0.6 is 0 Å². The van der Waals surface area contributed by atoms with Gasteiger partial charge in [0.25, 0.3) is 11.8 Å². The zero-order valence-corrected chi connectivity index (χ0v) is 35.3. The molecule has 2 spiro atoms. The molecule has 306 valence electrons. The fraction of sp³-hybridized carbons (Fsp3) is 0.391. The largest absolute Gasteiger partial charge is 0.497 e. The number of methoxy groups -OCH3 is 1. The van der Waals surface area contributed by atoms with Gasteiger partial charge in [-0.2, -0.15) is 0 Å². The van der Waals surface area contributed by atoms with Crippen molar-refractivity contribution < 1.29 is 24.2 Å². The maximum atomic E-state index is 15.6. The highest BCUT2D eigenvalue weighted by molar-refractivity contribution is 6.91. The molecule has 12 nitrogen and oxygen atoms in total. The van der Waals surface area contributed by atoms with Crippen LogP contribution in [0.4, 0.5) is 22.7 Å². The van der Waals surface area contributed by atoms with Crippen LogP contribution in [0.3, 0.4) is 0 Å². The van der Waals surface area contributed by atoms with Crippen molar-refractivity contribution in [3.63, 3.8) is 0 Å². The lowest BCUT2D eigenvalue weighted by atomic mass is 9.82. The van der Waals surface area contributed by atoms with E-state index in [1.165, 1.54) is 5.19 Å². The fourth-order valence-corrected chi connectivity index (χ4v) is 14.7. The number of fused-ring (bicyclic) bond motifs is 2. The molecule has 0 radical (unpaired) electrons. The third kappa shape index (κ3) is 6.37. The number of piperidine rings is 1. The molecule has 13 heteroatoms. The second kappa shape index (κ2) is 15.4. The summed E-state index contributed by atoms with van der Waals surface area (Å²) in [5.41, 5.74) is 2.85. The topological polar surface area (TPSA) is 125 Å². The number of benzene rings is 4. The number of nitrogens with zero attached hydrogens (tertiary/aromatic N) is 6. The highest BCUT2D eigenvalue weighted by Gasteiger charge is 2.67. The first-order chi connectivity index (χ1) is 28.6. The number of aliphatic hydroxyl groups is 1. The smallest absolute Gasteiger partial charge is 0.268 e. The van der Waals surface area contributed by atoms with Gasteiger partial charge in [0, 0.05) is 54.3 Å².